The first-order valence-corrected chi connectivity index (χ1v) is 7.56. The van der Waals surface area contributed by atoms with Crippen molar-refractivity contribution in [3.05, 3.63) is 29.8 Å². The van der Waals surface area contributed by atoms with E-state index in [-0.39, 0.29) is 24.8 Å². The Morgan fingerprint density at radius 1 is 1.40 bits per heavy atom. The predicted molar refractivity (Wildman–Crippen MR) is 69.8 cm³/mol. The molecule has 0 amide bonds. The number of nitrogens with two attached hydrogens (primary N) is 1. The van der Waals surface area contributed by atoms with Gasteiger partial charge < -0.3 is 5.73 Å². The summed E-state index contributed by atoms with van der Waals surface area (Å²) in [5, 5.41) is 7.16. The SMILES string of the molecule is N=C(N)CCN(C1CC1)S(=O)(=O)c1ccc(F)cc1F. The van der Waals surface area contributed by atoms with Crippen molar-refractivity contribution in [1.82, 2.24) is 4.31 Å². The maximum absolute atomic E-state index is 13.7. The van der Waals surface area contributed by atoms with Gasteiger partial charge in [0.1, 0.15) is 16.5 Å². The van der Waals surface area contributed by atoms with E-state index in [4.69, 9.17) is 11.1 Å². The molecule has 20 heavy (non-hydrogen) atoms. The van der Waals surface area contributed by atoms with Crippen molar-refractivity contribution in [3.63, 3.8) is 0 Å². The number of benzene rings is 1. The lowest BCUT2D eigenvalue weighted by molar-refractivity contribution is 0.408. The Hall–Kier alpha value is -1.54. The summed E-state index contributed by atoms with van der Waals surface area (Å²) in [6.07, 6.45) is 1.47. The summed E-state index contributed by atoms with van der Waals surface area (Å²) in [7, 11) is -4.04. The van der Waals surface area contributed by atoms with Gasteiger partial charge in [0.2, 0.25) is 10.0 Å². The van der Waals surface area contributed by atoms with E-state index < -0.39 is 26.6 Å². The lowest BCUT2D eigenvalue weighted by atomic mass is 10.3. The van der Waals surface area contributed by atoms with Gasteiger partial charge in [-0.25, -0.2) is 17.2 Å². The quantitative estimate of drug-likeness (QED) is 0.616. The first-order chi connectivity index (χ1) is 9.32. The van der Waals surface area contributed by atoms with E-state index in [0.717, 1.165) is 16.4 Å². The second kappa shape index (κ2) is 5.45. The topological polar surface area (TPSA) is 87.2 Å². The van der Waals surface area contributed by atoms with Crippen LogP contribution in [0.5, 0.6) is 0 Å². The van der Waals surface area contributed by atoms with Crippen LogP contribution in [-0.2, 0) is 10.0 Å². The second-order valence-electron chi connectivity index (χ2n) is 4.70. The van der Waals surface area contributed by atoms with Crippen LogP contribution in [-0.4, -0.2) is 31.1 Å². The zero-order valence-electron chi connectivity index (χ0n) is 10.6. The van der Waals surface area contributed by atoms with E-state index in [1.165, 1.54) is 0 Å². The molecule has 0 aliphatic heterocycles. The molecule has 1 aliphatic rings. The molecule has 5 nitrogen and oxygen atoms in total. The third kappa shape index (κ3) is 3.13. The molecule has 0 bridgehead atoms. The molecule has 0 unspecified atom stereocenters. The van der Waals surface area contributed by atoms with Crippen molar-refractivity contribution in [1.29, 1.82) is 5.41 Å². The average molecular weight is 303 g/mol. The van der Waals surface area contributed by atoms with Gasteiger partial charge in [-0.05, 0) is 25.0 Å². The molecule has 1 saturated carbocycles. The highest BCUT2D eigenvalue weighted by atomic mass is 32.2. The number of sulfonamides is 1. The van der Waals surface area contributed by atoms with Crippen LogP contribution >= 0.6 is 0 Å². The van der Waals surface area contributed by atoms with E-state index >= 15 is 0 Å². The smallest absolute Gasteiger partial charge is 0.246 e. The molecule has 3 N–H and O–H groups in total. The third-order valence-corrected chi connectivity index (χ3v) is 5.02. The summed E-state index contributed by atoms with van der Waals surface area (Å²) in [6.45, 7) is 0.0269. The fourth-order valence-electron chi connectivity index (χ4n) is 1.90. The minimum atomic E-state index is -4.04. The monoisotopic (exact) mass is 303 g/mol. The molecule has 1 aromatic rings. The lowest BCUT2D eigenvalue weighted by Gasteiger charge is -2.21. The fourth-order valence-corrected chi connectivity index (χ4v) is 3.64. The van der Waals surface area contributed by atoms with Crippen molar-refractivity contribution in [3.8, 4) is 0 Å². The molecule has 110 valence electrons. The van der Waals surface area contributed by atoms with Gasteiger partial charge in [0.05, 0.1) is 5.84 Å². The molecule has 0 saturated heterocycles. The Balaban J connectivity index is 2.32. The summed E-state index contributed by atoms with van der Waals surface area (Å²) in [4.78, 5) is -0.547. The molecule has 1 fully saturated rings. The number of rotatable bonds is 6. The van der Waals surface area contributed by atoms with Gasteiger partial charge in [-0.15, -0.1) is 0 Å². The Bertz CT molecular complexity index is 630. The van der Waals surface area contributed by atoms with Crippen molar-refractivity contribution < 1.29 is 17.2 Å². The van der Waals surface area contributed by atoms with Gasteiger partial charge in [0, 0.05) is 25.1 Å². The summed E-state index contributed by atoms with van der Waals surface area (Å²) in [6, 6.07) is 2.18. The van der Waals surface area contributed by atoms with Gasteiger partial charge in [-0.1, -0.05) is 0 Å². The summed E-state index contributed by atoms with van der Waals surface area (Å²) in [5.74, 6) is -2.08. The minimum absolute atomic E-state index is 0.0269. The molecule has 1 aromatic carbocycles. The van der Waals surface area contributed by atoms with E-state index in [2.05, 4.69) is 0 Å². The van der Waals surface area contributed by atoms with E-state index in [1.807, 2.05) is 0 Å². The van der Waals surface area contributed by atoms with Crippen LogP contribution in [0.25, 0.3) is 0 Å². The van der Waals surface area contributed by atoms with Crippen molar-refractivity contribution in [2.45, 2.75) is 30.2 Å². The summed E-state index contributed by atoms with van der Waals surface area (Å²) >= 11 is 0. The Morgan fingerprint density at radius 3 is 2.55 bits per heavy atom. The fraction of sp³-hybridized carbons (Fsp3) is 0.417. The third-order valence-electron chi connectivity index (χ3n) is 3.04. The molecular weight excluding hydrogens is 288 g/mol. The lowest BCUT2D eigenvalue weighted by Crippen LogP contribution is -2.36. The van der Waals surface area contributed by atoms with E-state index in [0.29, 0.717) is 18.9 Å². The maximum Gasteiger partial charge on any atom is 0.246 e. The number of nitrogens with one attached hydrogen (secondary N) is 1. The zero-order chi connectivity index (χ0) is 14.9. The van der Waals surface area contributed by atoms with Gasteiger partial charge in [0.15, 0.2) is 0 Å². The van der Waals surface area contributed by atoms with Crippen LogP contribution < -0.4 is 5.73 Å². The van der Waals surface area contributed by atoms with E-state index in [9.17, 15) is 17.2 Å². The number of amidine groups is 1. The van der Waals surface area contributed by atoms with Crippen molar-refractivity contribution >= 4 is 15.9 Å². The first kappa shape index (κ1) is 14.9. The molecule has 2 rings (SSSR count). The van der Waals surface area contributed by atoms with Gasteiger partial charge in [-0.2, -0.15) is 4.31 Å². The minimum Gasteiger partial charge on any atom is -0.388 e. The first-order valence-electron chi connectivity index (χ1n) is 6.12. The normalized spacial score (nSPS) is 15.6. The number of hydrogen-bond donors (Lipinski definition) is 2. The molecule has 1 aliphatic carbocycles. The van der Waals surface area contributed by atoms with Crippen LogP contribution in [0.1, 0.15) is 19.3 Å². The summed E-state index contributed by atoms with van der Waals surface area (Å²) < 4.78 is 52.5. The average Bonchev–Trinajstić information content (AvgIpc) is 3.12. The van der Waals surface area contributed by atoms with Crippen LogP contribution in [0.4, 0.5) is 8.78 Å². The van der Waals surface area contributed by atoms with Crippen LogP contribution in [0.3, 0.4) is 0 Å². The van der Waals surface area contributed by atoms with Crippen LogP contribution in [0.15, 0.2) is 23.1 Å². The Kier molecular flexibility index (Phi) is 4.05. The molecule has 0 aromatic heterocycles. The Labute approximate surface area is 115 Å². The maximum atomic E-state index is 13.7. The largest absolute Gasteiger partial charge is 0.388 e. The highest BCUT2D eigenvalue weighted by molar-refractivity contribution is 7.89. The van der Waals surface area contributed by atoms with E-state index in [1.54, 1.807) is 0 Å². The standard InChI is InChI=1S/C12H15F2N3O2S/c13-8-1-4-11(10(14)7-8)20(18,19)17(9-2-3-9)6-5-12(15)16/h1,4,7,9H,2-3,5-6H2,(H3,15,16). The molecular formula is C12H15F2N3O2S. The highest BCUT2D eigenvalue weighted by Gasteiger charge is 2.38. The predicted octanol–water partition coefficient (Wildman–Crippen LogP) is 1.44. The van der Waals surface area contributed by atoms with Crippen molar-refractivity contribution in [2.75, 3.05) is 6.54 Å². The van der Waals surface area contributed by atoms with Crippen LogP contribution in [0.2, 0.25) is 0 Å². The van der Waals surface area contributed by atoms with Gasteiger partial charge in [-0.3, -0.25) is 5.41 Å². The van der Waals surface area contributed by atoms with Gasteiger partial charge >= 0.3 is 0 Å². The molecule has 0 heterocycles. The number of hydrogen-bond acceptors (Lipinski definition) is 3. The molecule has 0 atom stereocenters. The zero-order valence-corrected chi connectivity index (χ0v) is 11.5. The highest BCUT2D eigenvalue weighted by Crippen LogP contribution is 2.33. The second-order valence-corrected chi connectivity index (χ2v) is 6.56. The molecule has 8 heteroatoms. The summed E-state index contributed by atoms with van der Waals surface area (Å²) in [5.41, 5.74) is 5.23. The molecule has 0 spiro atoms. The Morgan fingerprint density at radius 2 is 2.05 bits per heavy atom. The van der Waals surface area contributed by atoms with Crippen LogP contribution in [0, 0.1) is 17.0 Å². The van der Waals surface area contributed by atoms with Crippen molar-refractivity contribution in [2.24, 2.45) is 5.73 Å². The number of halogens is 2. The number of nitrogens with zero attached hydrogens (tertiary/aromatic N) is 1. The molecule has 0 radical (unpaired) electrons. The van der Waals surface area contributed by atoms with Gasteiger partial charge in [0.25, 0.3) is 0 Å².